The van der Waals surface area contributed by atoms with Crippen LogP contribution in [0.25, 0.3) is 10.8 Å². The van der Waals surface area contributed by atoms with E-state index in [9.17, 15) is 0 Å². The van der Waals surface area contributed by atoms with Gasteiger partial charge in [0.1, 0.15) is 0 Å². The van der Waals surface area contributed by atoms with Crippen molar-refractivity contribution in [1.82, 2.24) is 4.98 Å². The van der Waals surface area contributed by atoms with E-state index in [0.717, 1.165) is 10.8 Å². The maximum atomic E-state index is 9.02. The van der Waals surface area contributed by atoms with Crippen molar-refractivity contribution < 1.29 is 5.11 Å². The second kappa shape index (κ2) is 4.45. The number of aromatic hydroxyl groups is 1. The lowest BCUT2D eigenvalue weighted by molar-refractivity contribution is 0.454. The first-order chi connectivity index (χ1) is 6.36. The van der Waals surface area contributed by atoms with Crippen LogP contribution in [0.2, 0.25) is 0 Å². The summed E-state index contributed by atoms with van der Waals surface area (Å²) in [5.41, 5.74) is 0. The number of nitrogens with zero attached hydrogens (tertiary/aromatic N) is 1. The summed E-state index contributed by atoms with van der Waals surface area (Å²) in [7, 11) is 0. The summed E-state index contributed by atoms with van der Waals surface area (Å²) >= 11 is 0. The molecule has 68 valence electrons. The van der Waals surface area contributed by atoms with Crippen molar-refractivity contribution in [1.29, 1.82) is 0 Å². The van der Waals surface area contributed by atoms with E-state index in [2.05, 4.69) is 4.98 Å². The van der Waals surface area contributed by atoms with Crippen molar-refractivity contribution in [2.24, 2.45) is 0 Å². The third-order valence-electron chi connectivity index (χ3n) is 1.62. The molecule has 0 radical (unpaired) electrons. The van der Waals surface area contributed by atoms with E-state index < -0.39 is 0 Å². The molecule has 1 aromatic heterocycles. The summed E-state index contributed by atoms with van der Waals surface area (Å²) in [5, 5.41) is 11.1. The van der Waals surface area contributed by atoms with Gasteiger partial charge in [-0.3, -0.25) is 0 Å². The number of pyridine rings is 1. The van der Waals surface area contributed by atoms with Gasteiger partial charge in [0, 0.05) is 17.6 Å². The van der Waals surface area contributed by atoms with Gasteiger partial charge in [0.2, 0.25) is 5.88 Å². The average molecular weight is 175 g/mol. The Bertz CT molecular complexity index is 385. The lowest BCUT2D eigenvalue weighted by Gasteiger charge is -1.95. The Morgan fingerprint density at radius 2 is 1.69 bits per heavy atom. The third kappa shape index (κ3) is 2.18. The van der Waals surface area contributed by atoms with E-state index in [-0.39, 0.29) is 5.88 Å². The van der Waals surface area contributed by atoms with E-state index in [1.807, 2.05) is 38.1 Å². The topological polar surface area (TPSA) is 33.1 Å². The number of benzene rings is 1. The third-order valence-corrected chi connectivity index (χ3v) is 1.62. The minimum atomic E-state index is 0.0729. The summed E-state index contributed by atoms with van der Waals surface area (Å²) in [4.78, 5) is 3.76. The average Bonchev–Trinajstić information content (AvgIpc) is 2.21. The van der Waals surface area contributed by atoms with Crippen LogP contribution in [0, 0.1) is 0 Å². The van der Waals surface area contributed by atoms with Crippen molar-refractivity contribution in [3.8, 4) is 5.88 Å². The first-order valence-corrected chi connectivity index (χ1v) is 4.40. The zero-order chi connectivity index (χ0) is 9.68. The van der Waals surface area contributed by atoms with Crippen LogP contribution >= 0.6 is 0 Å². The molecule has 0 aliphatic carbocycles. The second-order valence-electron chi connectivity index (χ2n) is 2.39. The summed E-state index contributed by atoms with van der Waals surface area (Å²) in [6, 6.07) is 9.43. The maximum absolute atomic E-state index is 9.02. The molecule has 0 fully saturated rings. The van der Waals surface area contributed by atoms with Gasteiger partial charge in [-0.15, -0.1) is 0 Å². The molecule has 0 saturated heterocycles. The molecular weight excluding hydrogens is 162 g/mol. The van der Waals surface area contributed by atoms with Crippen LogP contribution in [0.3, 0.4) is 0 Å². The number of hydrogen-bond donors (Lipinski definition) is 1. The Labute approximate surface area is 77.9 Å². The van der Waals surface area contributed by atoms with Gasteiger partial charge in [0.05, 0.1) is 0 Å². The molecule has 0 atom stereocenters. The predicted octanol–water partition coefficient (Wildman–Crippen LogP) is 2.97. The molecule has 0 aliphatic heterocycles. The van der Waals surface area contributed by atoms with Gasteiger partial charge < -0.3 is 5.11 Å². The fraction of sp³-hybridized carbons (Fsp3) is 0.182. The molecule has 2 rings (SSSR count). The maximum Gasteiger partial charge on any atom is 0.211 e. The minimum absolute atomic E-state index is 0.0729. The molecule has 2 nitrogen and oxygen atoms in total. The molecule has 1 heterocycles. The van der Waals surface area contributed by atoms with Gasteiger partial charge >= 0.3 is 0 Å². The molecule has 0 saturated carbocycles. The Morgan fingerprint density at radius 1 is 1.08 bits per heavy atom. The molecule has 1 N–H and O–H groups in total. The molecule has 0 bridgehead atoms. The van der Waals surface area contributed by atoms with E-state index in [1.54, 1.807) is 12.3 Å². The van der Waals surface area contributed by atoms with Crippen LogP contribution in [0.4, 0.5) is 0 Å². The summed E-state index contributed by atoms with van der Waals surface area (Å²) in [5.74, 6) is 0.0729. The molecule has 2 heteroatoms. The molecule has 0 unspecified atom stereocenters. The zero-order valence-corrected chi connectivity index (χ0v) is 7.86. The van der Waals surface area contributed by atoms with E-state index in [0.29, 0.717) is 0 Å². The normalized spacial score (nSPS) is 9.08. The van der Waals surface area contributed by atoms with Gasteiger partial charge in [-0.25, -0.2) is 4.98 Å². The Morgan fingerprint density at radius 3 is 2.38 bits per heavy atom. The predicted molar refractivity (Wildman–Crippen MR) is 54.8 cm³/mol. The lowest BCUT2D eigenvalue weighted by atomic mass is 10.2. The lowest BCUT2D eigenvalue weighted by Crippen LogP contribution is -1.74. The first kappa shape index (κ1) is 9.52. The fourth-order valence-electron chi connectivity index (χ4n) is 1.07. The molecule has 0 spiro atoms. The standard InChI is InChI=1S/C9H7NO.C2H6/c11-9-5-7-3-1-2-4-8(7)6-10-9;1-2/h1-6H,(H,10,11);1-2H3. The van der Waals surface area contributed by atoms with E-state index in [4.69, 9.17) is 5.11 Å². The Balaban J connectivity index is 0.000000396. The SMILES string of the molecule is CC.Oc1cc2ccccc2cn1. The Kier molecular flexibility index (Phi) is 3.26. The van der Waals surface area contributed by atoms with Crippen LogP contribution in [-0.2, 0) is 0 Å². The van der Waals surface area contributed by atoms with Gasteiger partial charge in [0.15, 0.2) is 0 Å². The zero-order valence-electron chi connectivity index (χ0n) is 7.86. The van der Waals surface area contributed by atoms with Gasteiger partial charge in [-0.2, -0.15) is 0 Å². The van der Waals surface area contributed by atoms with Crippen LogP contribution in [0.1, 0.15) is 13.8 Å². The van der Waals surface area contributed by atoms with Crippen LogP contribution in [0.5, 0.6) is 5.88 Å². The minimum Gasteiger partial charge on any atom is -0.493 e. The molecule has 0 aliphatic rings. The van der Waals surface area contributed by atoms with Crippen LogP contribution in [0.15, 0.2) is 36.5 Å². The van der Waals surface area contributed by atoms with Crippen molar-refractivity contribution in [2.45, 2.75) is 13.8 Å². The van der Waals surface area contributed by atoms with Crippen molar-refractivity contribution in [2.75, 3.05) is 0 Å². The summed E-state index contributed by atoms with van der Waals surface area (Å²) < 4.78 is 0. The van der Waals surface area contributed by atoms with Gasteiger partial charge in [-0.1, -0.05) is 38.1 Å². The highest BCUT2D eigenvalue weighted by Gasteiger charge is 1.92. The largest absolute Gasteiger partial charge is 0.493 e. The van der Waals surface area contributed by atoms with Crippen molar-refractivity contribution >= 4 is 10.8 Å². The number of fused-ring (bicyclic) bond motifs is 1. The quantitative estimate of drug-likeness (QED) is 0.667. The summed E-state index contributed by atoms with van der Waals surface area (Å²) in [6.45, 7) is 4.00. The Hall–Kier alpha value is -1.57. The number of aromatic nitrogens is 1. The van der Waals surface area contributed by atoms with Gasteiger partial charge in [0.25, 0.3) is 0 Å². The molecule has 0 amide bonds. The van der Waals surface area contributed by atoms with Gasteiger partial charge in [-0.05, 0) is 5.39 Å². The molecule has 1 aromatic carbocycles. The summed E-state index contributed by atoms with van der Waals surface area (Å²) in [6.07, 6.45) is 1.66. The van der Waals surface area contributed by atoms with Crippen LogP contribution in [-0.4, -0.2) is 10.1 Å². The molecule has 2 aromatic rings. The van der Waals surface area contributed by atoms with Crippen molar-refractivity contribution in [3.05, 3.63) is 36.5 Å². The van der Waals surface area contributed by atoms with Crippen LogP contribution < -0.4 is 0 Å². The van der Waals surface area contributed by atoms with E-state index >= 15 is 0 Å². The molecular formula is C11H13NO. The smallest absolute Gasteiger partial charge is 0.211 e. The fourth-order valence-corrected chi connectivity index (χ4v) is 1.07. The van der Waals surface area contributed by atoms with E-state index in [1.165, 1.54) is 0 Å². The number of hydrogen-bond acceptors (Lipinski definition) is 2. The van der Waals surface area contributed by atoms with Crippen molar-refractivity contribution in [3.63, 3.8) is 0 Å². The first-order valence-electron chi connectivity index (χ1n) is 4.40. The highest BCUT2D eigenvalue weighted by molar-refractivity contribution is 5.82. The molecule has 13 heavy (non-hydrogen) atoms. The monoisotopic (exact) mass is 175 g/mol. The second-order valence-corrected chi connectivity index (χ2v) is 2.39. The highest BCUT2D eigenvalue weighted by atomic mass is 16.3. The number of rotatable bonds is 0. The highest BCUT2D eigenvalue weighted by Crippen LogP contribution is 2.15.